The van der Waals surface area contributed by atoms with Crippen molar-refractivity contribution in [1.29, 1.82) is 0 Å². The van der Waals surface area contributed by atoms with Gasteiger partial charge in [0.1, 0.15) is 0 Å². The molecule has 1 unspecified atom stereocenters. The fourth-order valence-electron chi connectivity index (χ4n) is 2.26. The van der Waals surface area contributed by atoms with E-state index in [1.54, 1.807) is 6.92 Å². The lowest BCUT2D eigenvalue weighted by molar-refractivity contribution is 0.183. The molecule has 8 nitrogen and oxygen atoms in total. The molecule has 1 aliphatic heterocycles. The average molecular weight is 302 g/mol. The number of nitrogens with zero attached hydrogens (tertiary/aromatic N) is 3. The Morgan fingerprint density at radius 1 is 1.55 bits per heavy atom. The zero-order valence-electron chi connectivity index (χ0n) is 11.5. The molecular formula is C11H18N4O4S. The van der Waals surface area contributed by atoms with Crippen molar-refractivity contribution in [2.24, 2.45) is 0 Å². The number of sulfone groups is 1. The third-order valence-corrected chi connectivity index (χ3v) is 4.97. The third kappa shape index (κ3) is 3.47. The minimum atomic E-state index is -3.01. The van der Waals surface area contributed by atoms with E-state index < -0.39 is 9.84 Å². The van der Waals surface area contributed by atoms with E-state index in [0.717, 1.165) is 0 Å². The van der Waals surface area contributed by atoms with Crippen LogP contribution in [0.1, 0.15) is 25.1 Å². The molecule has 0 bridgehead atoms. The number of hydrogen-bond donors (Lipinski definition) is 1. The molecule has 2 heterocycles. The summed E-state index contributed by atoms with van der Waals surface area (Å²) < 4.78 is 27.8. The van der Waals surface area contributed by atoms with Crippen molar-refractivity contribution in [1.82, 2.24) is 20.4 Å². The van der Waals surface area contributed by atoms with Crippen molar-refractivity contribution in [2.75, 3.05) is 18.1 Å². The van der Waals surface area contributed by atoms with Crippen molar-refractivity contribution in [2.45, 2.75) is 32.9 Å². The number of carbonyl (C=O) groups is 1. The van der Waals surface area contributed by atoms with Gasteiger partial charge in [0.05, 0.1) is 18.1 Å². The van der Waals surface area contributed by atoms with E-state index in [1.165, 1.54) is 4.90 Å². The van der Waals surface area contributed by atoms with E-state index in [1.807, 2.05) is 6.92 Å². The number of aromatic nitrogens is 2. The second kappa shape index (κ2) is 5.78. The Morgan fingerprint density at radius 3 is 2.80 bits per heavy atom. The monoisotopic (exact) mass is 302 g/mol. The van der Waals surface area contributed by atoms with Crippen LogP contribution in [-0.4, -0.2) is 53.6 Å². The highest BCUT2D eigenvalue weighted by molar-refractivity contribution is 7.91. The largest absolute Gasteiger partial charge is 0.340 e. The number of carbonyl (C=O) groups excluding carboxylic acids is 1. The molecule has 2 amide bonds. The molecule has 2 rings (SSSR count). The Labute approximate surface area is 117 Å². The van der Waals surface area contributed by atoms with E-state index in [4.69, 9.17) is 4.52 Å². The molecule has 1 aliphatic rings. The molecule has 1 N–H and O–H groups in total. The van der Waals surface area contributed by atoms with Gasteiger partial charge in [0, 0.05) is 19.5 Å². The van der Waals surface area contributed by atoms with Crippen molar-refractivity contribution in [3.05, 3.63) is 11.7 Å². The van der Waals surface area contributed by atoms with Crippen LogP contribution < -0.4 is 5.32 Å². The first-order chi connectivity index (χ1) is 9.41. The highest BCUT2D eigenvalue weighted by Gasteiger charge is 2.33. The van der Waals surface area contributed by atoms with Crippen molar-refractivity contribution in [3.63, 3.8) is 0 Å². The molecule has 1 saturated heterocycles. The second-order valence-electron chi connectivity index (χ2n) is 4.73. The SMILES string of the molecule is CCN(C(=O)NCc1noc(C)n1)C1CCS(=O)(=O)C1. The molecular weight excluding hydrogens is 284 g/mol. The number of nitrogens with one attached hydrogen (secondary N) is 1. The van der Waals surface area contributed by atoms with Gasteiger partial charge < -0.3 is 14.7 Å². The van der Waals surface area contributed by atoms with Gasteiger partial charge in [-0.3, -0.25) is 0 Å². The van der Waals surface area contributed by atoms with Crippen molar-refractivity contribution < 1.29 is 17.7 Å². The van der Waals surface area contributed by atoms with E-state index in [9.17, 15) is 13.2 Å². The van der Waals surface area contributed by atoms with Crippen LogP contribution in [0.2, 0.25) is 0 Å². The van der Waals surface area contributed by atoms with E-state index in [-0.39, 0.29) is 30.1 Å². The fourth-order valence-corrected chi connectivity index (χ4v) is 3.99. The summed E-state index contributed by atoms with van der Waals surface area (Å²) in [6.07, 6.45) is 0.491. The van der Waals surface area contributed by atoms with Gasteiger partial charge in [0.2, 0.25) is 5.89 Å². The van der Waals surface area contributed by atoms with Crippen LogP contribution >= 0.6 is 0 Å². The summed E-state index contributed by atoms with van der Waals surface area (Å²) in [5.41, 5.74) is 0. The third-order valence-electron chi connectivity index (χ3n) is 3.22. The average Bonchev–Trinajstić information content (AvgIpc) is 2.94. The summed E-state index contributed by atoms with van der Waals surface area (Å²) >= 11 is 0. The zero-order valence-corrected chi connectivity index (χ0v) is 12.3. The predicted molar refractivity (Wildman–Crippen MR) is 70.7 cm³/mol. The smallest absolute Gasteiger partial charge is 0.318 e. The molecule has 0 aliphatic carbocycles. The summed E-state index contributed by atoms with van der Waals surface area (Å²) in [5, 5.41) is 6.35. The molecule has 0 aromatic carbocycles. The highest BCUT2D eigenvalue weighted by atomic mass is 32.2. The van der Waals surface area contributed by atoms with Crippen LogP contribution in [0.25, 0.3) is 0 Å². The Hall–Kier alpha value is -1.64. The van der Waals surface area contributed by atoms with Crippen LogP contribution in [0.5, 0.6) is 0 Å². The molecule has 9 heteroatoms. The number of hydrogen-bond acceptors (Lipinski definition) is 6. The van der Waals surface area contributed by atoms with Crippen LogP contribution in [-0.2, 0) is 16.4 Å². The van der Waals surface area contributed by atoms with Crippen LogP contribution in [0.15, 0.2) is 4.52 Å². The summed E-state index contributed by atoms with van der Waals surface area (Å²) in [6.45, 7) is 4.10. The lowest BCUT2D eigenvalue weighted by atomic mass is 10.2. The maximum Gasteiger partial charge on any atom is 0.318 e. The number of aryl methyl sites for hydroxylation is 1. The van der Waals surface area contributed by atoms with Gasteiger partial charge in [-0.1, -0.05) is 5.16 Å². The maximum atomic E-state index is 12.1. The van der Waals surface area contributed by atoms with E-state index in [2.05, 4.69) is 15.5 Å². The summed E-state index contributed by atoms with van der Waals surface area (Å²) in [6, 6.07) is -0.561. The van der Waals surface area contributed by atoms with E-state index >= 15 is 0 Å². The molecule has 1 aromatic rings. The first kappa shape index (κ1) is 14.8. The van der Waals surface area contributed by atoms with E-state index in [0.29, 0.717) is 24.7 Å². The van der Waals surface area contributed by atoms with Gasteiger partial charge in [-0.2, -0.15) is 4.98 Å². The van der Waals surface area contributed by atoms with Gasteiger partial charge >= 0.3 is 6.03 Å². The minimum absolute atomic E-state index is 0.0373. The van der Waals surface area contributed by atoms with Crippen LogP contribution in [0, 0.1) is 6.92 Å². The minimum Gasteiger partial charge on any atom is -0.340 e. The maximum absolute atomic E-state index is 12.1. The van der Waals surface area contributed by atoms with Gasteiger partial charge in [-0.25, -0.2) is 13.2 Å². The molecule has 0 radical (unpaired) electrons. The van der Waals surface area contributed by atoms with Crippen molar-refractivity contribution in [3.8, 4) is 0 Å². The molecule has 1 aromatic heterocycles. The zero-order chi connectivity index (χ0) is 14.8. The second-order valence-corrected chi connectivity index (χ2v) is 6.96. The number of amides is 2. The fraction of sp³-hybridized carbons (Fsp3) is 0.727. The van der Waals surface area contributed by atoms with Gasteiger partial charge in [0.25, 0.3) is 0 Å². The normalized spacial score (nSPS) is 20.8. The topological polar surface area (TPSA) is 105 Å². The first-order valence-corrected chi connectivity index (χ1v) is 8.27. The number of urea groups is 1. The van der Waals surface area contributed by atoms with Crippen molar-refractivity contribution >= 4 is 15.9 Å². The number of rotatable bonds is 4. The lowest BCUT2D eigenvalue weighted by Gasteiger charge is -2.26. The predicted octanol–water partition coefficient (Wildman–Crippen LogP) is 0.0966. The Balaban J connectivity index is 1.92. The first-order valence-electron chi connectivity index (χ1n) is 6.45. The van der Waals surface area contributed by atoms with Crippen LogP contribution in [0.3, 0.4) is 0 Å². The Morgan fingerprint density at radius 2 is 2.30 bits per heavy atom. The summed E-state index contributed by atoms with van der Waals surface area (Å²) in [7, 11) is -3.01. The van der Waals surface area contributed by atoms with Gasteiger partial charge in [-0.05, 0) is 13.3 Å². The molecule has 1 atom stereocenters. The quantitative estimate of drug-likeness (QED) is 0.845. The summed E-state index contributed by atoms with van der Waals surface area (Å²) in [5.74, 6) is 1.01. The molecule has 1 fully saturated rings. The Kier molecular flexibility index (Phi) is 4.26. The highest BCUT2D eigenvalue weighted by Crippen LogP contribution is 2.17. The molecule has 0 saturated carbocycles. The molecule has 112 valence electrons. The van der Waals surface area contributed by atoms with Crippen LogP contribution in [0.4, 0.5) is 4.79 Å². The molecule has 0 spiro atoms. The lowest BCUT2D eigenvalue weighted by Crippen LogP contribution is -2.46. The molecule has 20 heavy (non-hydrogen) atoms. The Bertz CT molecular complexity index is 583. The summed E-state index contributed by atoms with van der Waals surface area (Å²) in [4.78, 5) is 17.6. The standard InChI is InChI=1S/C11H18N4O4S/c1-3-15(9-4-5-20(17,18)7-9)11(16)12-6-10-13-8(2)19-14-10/h9H,3-7H2,1-2H3,(H,12,16). The van der Waals surface area contributed by atoms with Gasteiger partial charge in [-0.15, -0.1) is 0 Å². The van der Waals surface area contributed by atoms with Gasteiger partial charge in [0.15, 0.2) is 15.7 Å².